The Kier molecular flexibility index (Phi) is 6.57. The molecule has 0 bridgehead atoms. The summed E-state index contributed by atoms with van der Waals surface area (Å²) in [7, 11) is 0. The molecule has 0 radical (unpaired) electrons. The van der Waals surface area contributed by atoms with Crippen molar-refractivity contribution in [1.82, 2.24) is 24.8 Å². The van der Waals surface area contributed by atoms with Gasteiger partial charge in [0.2, 0.25) is 0 Å². The van der Waals surface area contributed by atoms with E-state index in [9.17, 15) is 4.79 Å². The normalized spacial score (nSPS) is 18.7. The van der Waals surface area contributed by atoms with Crippen LogP contribution in [0.25, 0.3) is 22.5 Å². The molecule has 4 heterocycles. The van der Waals surface area contributed by atoms with Gasteiger partial charge < -0.3 is 20.0 Å². The monoisotopic (exact) mass is 568 g/mol. The zero-order chi connectivity index (χ0) is 28.1. The number of carbonyl (C=O) groups is 1. The van der Waals surface area contributed by atoms with Gasteiger partial charge in [0.25, 0.3) is 0 Å². The van der Waals surface area contributed by atoms with Crippen molar-refractivity contribution in [3.63, 3.8) is 0 Å². The molecule has 41 heavy (non-hydrogen) atoms. The van der Waals surface area contributed by atoms with Crippen molar-refractivity contribution in [3.8, 4) is 22.5 Å². The van der Waals surface area contributed by atoms with Gasteiger partial charge in [0.15, 0.2) is 0 Å². The van der Waals surface area contributed by atoms with Gasteiger partial charge in [-0.25, -0.2) is 14.8 Å². The third-order valence-corrected chi connectivity index (χ3v) is 9.34. The number of nitrogens with zero attached hydrogens (tertiary/aromatic N) is 3. The summed E-state index contributed by atoms with van der Waals surface area (Å²) >= 11 is 1.77. The zero-order valence-electron chi connectivity index (χ0n) is 23.8. The predicted molar refractivity (Wildman–Crippen MR) is 162 cm³/mol. The van der Waals surface area contributed by atoms with Gasteiger partial charge in [-0.2, -0.15) is 0 Å². The fourth-order valence-corrected chi connectivity index (χ4v) is 7.17. The fraction of sp³-hybridized carbons (Fsp3) is 0.406. The second-order valence-electron chi connectivity index (χ2n) is 12.3. The molecule has 2 fully saturated rings. The smallest absolute Gasteiger partial charge is 0.410 e. The number of H-pyrrole nitrogens is 2. The van der Waals surface area contributed by atoms with E-state index >= 15 is 0 Å². The van der Waals surface area contributed by atoms with E-state index in [4.69, 9.17) is 9.72 Å². The molecule has 1 saturated heterocycles. The van der Waals surface area contributed by atoms with Crippen molar-refractivity contribution in [1.29, 1.82) is 0 Å². The van der Waals surface area contributed by atoms with Crippen LogP contribution in [0.15, 0.2) is 58.6 Å². The number of ether oxygens (including phenoxy) is 1. The highest BCUT2D eigenvalue weighted by Gasteiger charge is 2.35. The Morgan fingerprint density at radius 2 is 1.59 bits per heavy atom. The maximum absolute atomic E-state index is 12.8. The molecule has 0 unspecified atom stereocenters. The zero-order valence-corrected chi connectivity index (χ0v) is 24.6. The van der Waals surface area contributed by atoms with Crippen LogP contribution in [0.3, 0.4) is 0 Å². The largest absolute Gasteiger partial charge is 0.444 e. The first-order chi connectivity index (χ1) is 19.8. The molecular formula is C32H36N6O2S. The number of likely N-dealkylation sites (tertiary alicyclic amines) is 1. The summed E-state index contributed by atoms with van der Waals surface area (Å²) in [6, 6.07) is 12.9. The Balaban J connectivity index is 1.08. The number of fused-ring (bicyclic) bond motifs is 2. The maximum atomic E-state index is 12.8. The summed E-state index contributed by atoms with van der Waals surface area (Å²) in [5.74, 6) is 2.51. The summed E-state index contributed by atoms with van der Waals surface area (Å²) < 4.78 is 5.64. The minimum atomic E-state index is -0.523. The molecule has 2 aromatic carbocycles. The molecule has 3 N–H and O–H groups in total. The topological polar surface area (TPSA) is 98.9 Å². The van der Waals surface area contributed by atoms with Crippen molar-refractivity contribution in [3.05, 3.63) is 60.4 Å². The molecule has 1 aliphatic carbocycles. The third kappa shape index (κ3) is 5.23. The van der Waals surface area contributed by atoms with Crippen molar-refractivity contribution >= 4 is 29.2 Å². The predicted octanol–water partition coefficient (Wildman–Crippen LogP) is 8.40. The van der Waals surface area contributed by atoms with Gasteiger partial charge in [0, 0.05) is 33.4 Å². The summed E-state index contributed by atoms with van der Waals surface area (Å²) in [5.41, 5.74) is 5.90. The van der Waals surface area contributed by atoms with Crippen molar-refractivity contribution < 1.29 is 9.53 Å². The minimum Gasteiger partial charge on any atom is -0.444 e. The number of aromatic amines is 2. The van der Waals surface area contributed by atoms with E-state index in [1.165, 1.54) is 35.5 Å². The van der Waals surface area contributed by atoms with Crippen LogP contribution in [0.1, 0.15) is 82.9 Å². The van der Waals surface area contributed by atoms with Crippen LogP contribution in [-0.2, 0) is 4.74 Å². The van der Waals surface area contributed by atoms with Crippen LogP contribution >= 0.6 is 11.8 Å². The first-order valence-electron chi connectivity index (χ1n) is 14.6. The Bertz CT molecular complexity index is 1600. The lowest BCUT2D eigenvalue weighted by Crippen LogP contribution is -2.36. The Morgan fingerprint density at radius 3 is 2.37 bits per heavy atom. The molecule has 212 valence electrons. The summed E-state index contributed by atoms with van der Waals surface area (Å²) in [5, 5.41) is 3.64. The molecule has 1 saturated carbocycles. The summed E-state index contributed by atoms with van der Waals surface area (Å²) in [4.78, 5) is 33.4. The average Bonchev–Trinajstić information content (AvgIpc) is 3.76. The van der Waals surface area contributed by atoms with Crippen molar-refractivity contribution in [2.45, 2.75) is 86.6 Å². The van der Waals surface area contributed by atoms with E-state index in [1.807, 2.05) is 33.2 Å². The number of aromatic nitrogens is 4. The van der Waals surface area contributed by atoms with Gasteiger partial charge in [-0.1, -0.05) is 36.7 Å². The first-order valence-corrected chi connectivity index (χ1v) is 15.5. The number of anilines is 2. The highest BCUT2D eigenvalue weighted by Crippen LogP contribution is 2.46. The second kappa shape index (κ2) is 10.3. The van der Waals surface area contributed by atoms with E-state index in [-0.39, 0.29) is 12.1 Å². The lowest BCUT2D eigenvalue weighted by atomic mass is 10.1. The third-order valence-electron chi connectivity index (χ3n) is 8.20. The molecule has 1 atom stereocenters. The van der Waals surface area contributed by atoms with E-state index in [1.54, 1.807) is 16.7 Å². The first kappa shape index (κ1) is 26.2. The number of carbonyl (C=O) groups excluding carboxylic acids is 1. The van der Waals surface area contributed by atoms with Gasteiger partial charge >= 0.3 is 6.09 Å². The molecule has 1 amide bonds. The number of benzene rings is 2. The highest BCUT2D eigenvalue weighted by molar-refractivity contribution is 7.99. The van der Waals surface area contributed by atoms with Crippen LogP contribution in [0.4, 0.5) is 16.2 Å². The SMILES string of the molecule is CC(C)(C)OC(=O)N1CCC[C@H]1c1ncc(-c2ccc3c(c2)Sc2ccc(-c4cnc(C5CCCC5)[nH]4)cc2N3)[nH]1. The molecule has 7 rings (SSSR count). The van der Waals surface area contributed by atoms with Crippen molar-refractivity contribution in [2.24, 2.45) is 0 Å². The van der Waals surface area contributed by atoms with E-state index < -0.39 is 5.60 Å². The Morgan fingerprint density at radius 1 is 0.878 bits per heavy atom. The Hall–Kier alpha value is -3.72. The van der Waals surface area contributed by atoms with Crippen molar-refractivity contribution in [2.75, 3.05) is 11.9 Å². The minimum absolute atomic E-state index is 0.0996. The number of imidazole rings is 2. The number of rotatable bonds is 4. The van der Waals surface area contributed by atoms with Gasteiger partial charge in [0.1, 0.15) is 17.2 Å². The van der Waals surface area contributed by atoms with Crippen LogP contribution < -0.4 is 5.32 Å². The fourth-order valence-electron chi connectivity index (χ4n) is 6.16. The van der Waals surface area contributed by atoms with Gasteiger partial charge in [-0.05, 0) is 70.7 Å². The Labute approximate surface area is 244 Å². The van der Waals surface area contributed by atoms with Crippen LogP contribution in [-0.4, -0.2) is 43.1 Å². The van der Waals surface area contributed by atoms with Gasteiger partial charge in [-0.3, -0.25) is 4.90 Å². The van der Waals surface area contributed by atoms with E-state index in [0.717, 1.165) is 58.4 Å². The van der Waals surface area contributed by atoms with Gasteiger partial charge in [-0.15, -0.1) is 0 Å². The standard InChI is InChI=1S/C32H36N6O2S/c1-32(2,3)40-31(39)38-14-6-9-26(38)30-34-18-25(37-30)21-10-12-22-28(16-21)41-27-13-11-20(15-23(27)35-22)24-17-33-29(36-24)19-7-4-5-8-19/h10-13,15-19,26,35H,4-9,14H2,1-3H3,(H,33,36)(H,34,37)/t26-/m0/s1. The highest BCUT2D eigenvalue weighted by atomic mass is 32.2. The van der Waals surface area contributed by atoms with Gasteiger partial charge in [0.05, 0.1) is 41.2 Å². The number of amides is 1. The van der Waals surface area contributed by atoms with Crippen LogP contribution in [0, 0.1) is 0 Å². The molecule has 3 aliphatic rings. The molecule has 9 heteroatoms. The van der Waals surface area contributed by atoms with E-state index in [0.29, 0.717) is 12.5 Å². The number of hydrogen-bond donors (Lipinski definition) is 3. The molecule has 2 aromatic heterocycles. The molecule has 2 aliphatic heterocycles. The average molecular weight is 569 g/mol. The molecule has 4 aromatic rings. The molecular weight excluding hydrogens is 532 g/mol. The molecule has 0 spiro atoms. The lowest BCUT2D eigenvalue weighted by molar-refractivity contribution is 0.0218. The summed E-state index contributed by atoms with van der Waals surface area (Å²) in [6.45, 7) is 6.37. The molecule has 8 nitrogen and oxygen atoms in total. The second-order valence-corrected chi connectivity index (χ2v) is 13.4. The lowest BCUT2D eigenvalue weighted by Gasteiger charge is -2.27. The van der Waals surface area contributed by atoms with Crippen LogP contribution in [0.5, 0.6) is 0 Å². The number of nitrogens with one attached hydrogen (secondary N) is 3. The quantitative estimate of drug-likeness (QED) is 0.201. The van der Waals surface area contributed by atoms with Crippen LogP contribution in [0.2, 0.25) is 0 Å². The number of hydrogen-bond acceptors (Lipinski definition) is 6. The maximum Gasteiger partial charge on any atom is 0.410 e. The summed E-state index contributed by atoms with van der Waals surface area (Å²) in [6.07, 6.45) is 10.4. The van der Waals surface area contributed by atoms with E-state index in [2.05, 4.69) is 56.7 Å².